The Morgan fingerprint density at radius 1 is 1.27 bits per heavy atom. The van der Waals surface area contributed by atoms with Gasteiger partial charge < -0.3 is 15.4 Å². The number of nitrogens with two attached hydrogens (primary N) is 1. The van der Waals surface area contributed by atoms with Crippen LogP contribution in [-0.4, -0.2) is 57.8 Å². The predicted molar refractivity (Wildman–Crippen MR) is 129 cm³/mol. The number of hydrogen-bond acceptors (Lipinski definition) is 7. The molecule has 3 heterocycles. The van der Waals surface area contributed by atoms with E-state index in [1.807, 2.05) is 37.8 Å². The fraction of sp³-hybridized carbons (Fsp3) is 0.478. The maximum absolute atomic E-state index is 13.5. The van der Waals surface area contributed by atoms with Gasteiger partial charge in [0.25, 0.3) is 11.8 Å². The molecule has 0 spiro atoms. The summed E-state index contributed by atoms with van der Waals surface area (Å²) in [4.78, 5) is 32.7. The second kappa shape index (κ2) is 9.20. The molecule has 33 heavy (non-hydrogen) atoms. The molecule has 1 atom stereocenters. The molecule has 1 fully saturated rings. The molecule has 10 heteroatoms. The Morgan fingerprint density at radius 3 is 2.64 bits per heavy atom. The van der Waals surface area contributed by atoms with E-state index in [0.717, 1.165) is 18.4 Å². The Hall–Kier alpha value is -2.82. The predicted octanol–water partition coefficient (Wildman–Crippen LogP) is 3.21. The van der Waals surface area contributed by atoms with Crippen molar-refractivity contribution in [3.63, 3.8) is 0 Å². The zero-order valence-corrected chi connectivity index (χ0v) is 20.2. The van der Waals surface area contributed by atoms with Crippen LogP contribution in [0.4, 0.5) is 5.13 Å². The zero-order valence-electron chi connectivity index (χ0n) is 19.4. The minimum absolute atomic E-state index is 0.0425. The van der Waals surface area contributed by atoms with Gasteiger partial charge in [-0.1, -0.05) is 23.5 Å². The summed E-state index contributed by atoms with van der Waals surface area (Å²) in [6.07, 6.45) is 1.85. The molecule has 9 nitrogen and oxygen atoms in total. The van der Waals surface area contributed by atoms with Crippen LogP contribution in [0.15, 0.2) is 24.3 Å². The van der Waals surface area contributed by atoms with Gasteiger partial charge in [-0.25, -0.2) is 4.68 Å². The van der Waals surface area contributed by atoms with Crippen LogP contribution in [0.5, 0.6) is 0 Å². The van der Waals surface area contributed by atoms with Gasteiger partial charge in [-0.05, 0) is 51.3 Å². The highest BCUT2D eigenvalue weighted by atomic mass is 32.1. The molecule has 0 bridgehead atoms. The molecular formula is C23H30N6O3S. The van der Waals surface area contributed by atoms with Crippen LogP contribution < -0.4 is 11.1 Å². The summed E-state index contributed by atoms with van der Waals surface area (Å²) in [5.74, 6) is -0.390. The van der Waals surface area contributed by atoms with E-state index in [4.69, 9.17) is 10.5 Å². The van der Waals surface area contributed by atoms with Crippen molar-refractivity contribution in [2.24, 2.45) is 5.73 Å². The minimum atomic E-state index is -0.388. The van der Waals surface area contributed by atoms with Crippen LogP contribution in [0.2, 0.25) is 0 Å². The standard InChI is InChI=1S/C23H30N6O3S/c1-23(2,3)29-19-18(17(27-29)21(31)28-11-5-6-16(28)13-32-4)33-22(25-19)26-20(30)15-9-7-14(12-24)8-10-15/h7-10,16H,5-6,11-13,24H2,1-4H3,(H,25,26,30)/t16-/m0/s1. The van der Waals surface area contributed by atoms with Crippen molar-refractivity contribution in [1.82, 2.24) is 19.7 Å². The fourth-order valence-corrected chi connectivity index (χ4v) is 4.95. The van der Waals surface area contributed by atoms with E-state index >= 15 is 0 Å². The van der Waals surface area contributed by atoms with Crippen LogP contribution in [0.25, 0.3) is 10.3 Å². The Balaban J connectivity index is 1.67. The highest BCUT2D eigenvalue weighted by Gasteiger charge is 2.34. The first kappa shape index (κ1) is 23.3. The highest BCUT2D eigenvalue weighted by Crippen LogP contribution is 2.34. The number of carbonyl (C=O) groups is 2. The molecule has 3 N–H and O–H groups in total. The number of rotatable bonds is 6. The van der Waals surface area contributed by atoms with Crippen molar-refractivity contribution in [2.75, 3.05) is 25.6 Å². The Kier molecular flexibility index (Phi) is 6.51. The summed E-state index contributed by atoms with van der Waals surface area (Å²) in [7, 11) is 1.65. The average Bonchev–Trinajstić information content (AvgIpc) is 3.48. The van der Waals surface area contributed by atoms with E-state index in [1.165, 1.54) is 11.3 Å². The molecule has 1 aliphatic heterocycles. The quantitative estimate of drug-likeness (QED) is 0.572. The van der Waals surface area contributed by atoms with Crippen LogP contribution in [0, 0.1) is 0 Å². The lowest BCUT2D eigenvalue weighted by molar-refractivity contribution is 0.0625. The van der Waals surface area contributed by atoms with Gasteiger partial charge in [0.05, 0.1) is 18.2 Å². The molecule has 0 radical (unpaired) electrons. The highest BCUT2D eigenvalue weighted by molar-refractivity contribution is 7.22. The number of fused-ring (bicyclic) bond motifs is 1. The van der Waals surface area contributed by atoms with Crippen LogP contribution >= 0.6 is 11.3 Å². The molecule has 1 saturated heterocycles. The van der Waals surface area contributed by atoms with Crippen LogP contribution in [0.1, 0.15) is 60.0 Å². The Bertz CT molecular complexity index is 1160. The van der Waals surface area contributed by atoms with Gasteiger partial charge in [-0.2, -0.15) is 10.1 Å². The van der Waals surface area contributed by atoms with Gasteiger partial charge in [0.1, 0.15) is 4.70 Å². The number of thiazole rings is 1. The van der Waals surface area contributed by atoms with Crippen molar-refractivity contribution in [1.29, 1.82) is 0 Å². The SMILES string of the molecule is COC[C@@H]1CCCN1C(=O)c1nn(C(C)(C)C)c2nc(NC(=O)c3ccc(CN)cc3)sc12. The molecule has 3 aromatic rings. The van der Waals surface area contributed by atoms with Crippen LogP contribution in [0.3, 0.4) is 0 Å². The summed E-state index contributed by atoms with van der Waals surface area (Å²) in [5.41, 5.74) is 7.67. The van der Waals surface area contributed by atoms with Gasteiger partial charge in [0.2, 0.25) is 0 Å². The number of hydrogen-bond donors (Lipinski definition) is 2. The van der Waals surface area contributed by atoms with E-state index in [1.54, 1.807) is 23.9 Å². The number of anilines is 1. The smallest absolute Gasteiger partial charge is 0.276 e. The Morgan fingerprint density at radius 2 is 2.00 bits per heavy atom. The molecule has 4 rings (SSSR count). The number of nitrogens with one attached hydrogen (secondary N) is 1. The summed E-state index contributed by atoms with van der Waals surface area (Å²) >= 11 is 1.27. The molecule has 2 amide bonds. The van der Waals surface area contributed by atoms with Gasteiger partial charge in [-0.15, -0.1) is 0 Å². The van der Waals surface area contributed by atoms with Crippen molar-refractivity contribution in [3.05, 3.63) is 41.1 Å². The van der Waals surface area contributed by atoms with Crippen molar-refractivity contribution >= 4 is 38.6 Å². The van der Waals surface area contributed by atoms with Gasteiger partial charge in [-0.3, -0.25) is 14.9 Å². The largest absolute Gasteiger partial charge is 0.383 e. The molecule has 1 aliphatic rings. The van der Waals surface area contributed by atoms with Gasteiger partial charge >= 0.3 is 0 Å². The lowest BCUT2D eigenvalue weighted by Crippen LogP contribution is -2.38. The summed E-state index contributed by atoms with van der Waals surface area (Å²) in [6.45, 7) is 7.62. The number of ether oxygens (including phenoxy) is 1. The molecular weight excluding hydrogens is 440 g/mol. The van der Waals surface area contributed by atoms with E-state index in [2.05, 4.69) is 15.4 Å². The molecule has 0 unspecified atom stereocenters. The van der Waals surface area contributed by atoms with E-state index in [-0.39, 0.29) is 23.4 Å². The molecule has 176 valence electrons. The Labute approximate surface area is 196 Å². The first-order chi connectivity index (χ1) is 15.7. The van der Waals surface area contributed by atoms with Crippen molar-refractivity contribution in [3.8, 4) is 0 Å². The normalized spacial score (nSPS) is 16.5. The van der Waals surface area contributed by atoms with Crippen LogP contribution in [-0.2, 0) is 16.8 Å². The number of benzene rings is 1. The number of carbonyl (C=O) groups excluding carboxylic acids is 2. The topological polar surface area (TPSA) is 115 Å². The third kappa shape index (κ3) is 4.64. The lowest BCUT2D eigenvalue weighted by atomic mass is 10.1. The van der Waals surface area contributed by atoms with Crippen molar-refractivity contribution < 1.29 is 14.3 Å². The molecule has 0 aliphatic carbocycles. The summed E-state index contributed by atoms with van der Waals surface area (Å²) in [6, 6.07) is 7.17. The minimum Gasteiger partial charge on any atom is -0.383 e. The third-order valence-electron chi connectivity index (χ3n) is 5.73. The maximum atomic E-state index is 13.5. The zero-order chi connectivity index (χ0) is 23.8. The fourth-order valence-electron chi connectivity index (χ4n) is 4.03. The third-order valence-corrected chi connectivity index (χ3v) is 6.70. The number of aromatic nitrogens is 3. The summed E-state index contributed by atoms with van der Waals surface area (Å²) in [5, 5.41) is 7.96. The van der Waals surface area contributed by atoms with E-state index < -0.39 is 0 Å². The molecule has 0 saturated carbocycles. The maximum Gasteiger partial charge on any atom is 0.276 e. The van der Waals surface area contributed by atoms with Gasteiger partial charge in [0.15, 0.2) is 16.5 Å². The molecule has 1 aromatic carbocycles. The first-order valence-corrected chi connectivity index (χ1v) is 11.8. The molecule has 2 aromatic heterocycles. The second-order valence-electron chi connectivity index (χ2n) is 9.21. The second-order valence-corrected chi connectivity index (χ2v) is 10.2. The first-order valence-electron chi connectivity index (χ1n) is 11.0. The number of amides is 2. The number of methoxy groups -OCH3 is 1. The van der Waals surface area contributed by atoms with Gasteiger partial charge in [0, 0.05) is 25.8 Å². The lowest BCUT2D eigenvalue weighted by Gasteiger charge is -2.23. The average molecular weight is 471 g/mol. The van der Waals surface area contributed by atoms with E-state index in [0.29, 0.717) is 46.4 Å². The number of nitrogens with zero attached hydrogens (tertiary/aromatic N) is 4. The summed E-state index contributed by atoms with van der Waals surface area (Å²) < 4.78 is 7.75. The van der Waals surface area contributed by atoms with Crippen molar-refractivity contribution in [2.45, 2.75) is 51.7 Å². The monoisotopic (exact) mass is 470 g/mol. The number of likely N-dealkylation sites (tertiary alicyclic amines) is 1. The van der Waals surface area contributed by atoms with E-state index in [9.17, 15) is 9.59 Å².